The van der Waals surface area contributed by atoms with Gasteiger partial charge in [0, 0.05) is 11.6 Å². The van der Waals surface area contributed by atoms with Crippen molar-refractivity contribution in [3.05, 3.63) is 36.0 Å². The molecule has 2 aromatic rings. The Morgan fingerprint density at radius 2 is 2.10 bits per heavy atom. The summed E-state index contributed by atoms with van der Waals surface area (Å²) in [6.07, 6.45) is 7.45. The van der Waals surface area contributed by atoms with Gasteiger partial charge in [0.15, 0.2) is 0 Å². The second-order valence-electron chi connectivity index (χ2n) is 5.16. The van der Waals surface area contributed by atoms with E-state index >= 15 is 0 Å². The molecule has 0 bridgehead atoms. The van der Waals surface area contributed by atoms with Crippen LogP contribution in [0.4, 0.5) is 0 Å². The Kier molecular flexibility index (Phi) is 3.25. The molecule has 0 atom stereocenters. The summed E-state index contributed by atoms with van der Waals surface area (Å²) in [6.45, 7) is 0. The lowest BCUT2D eigenvalue weighted by molar-refractivity contribution is 0.417. The lowest BCUT2D eigenvalue weighted by Gasteiger charge is -2.24. The summed E-state index contributed by atoms with van der Waals surface area (Å²) in [5, 5.41) is 1.01. The highest BCUT2D eigenvalue weighted by Crippen LogP contribution is 2.45. The minimum atomic E-state index is -0.435. The molecule has 0 amide bonds. The Labute approximate surface area is 117 Å². The number of methoxy groups -OCH3 is 1. The number of rotatable bonds is 3. The normalized spacial score (nSPS) is 16.9. The smallest absolute Gasteiger partial charge is 0.235 e. The van der Waals surface area contributed by atoms with Gasteiger partial charge in [0.25, 0.3) is 0 Å². The van der Waals surface area contributed by atoms with Crippen LogP contribution in [0.5, 0.6) is 5.75 Å². The lowest BCUT2D eigenvalue weighted by Crippen LogP contribution is -2.19. The number of nitrogens with zero attached hydrogens (tertiary/aromatic N) is 2. The van der Waals surface area contributed by atoms with Crippen LogP contribution in [0.1, 0.15) is 31.2 Å². The molecule has 4 heteroatoms. The van der Waals surface area contributed by atoms with E-state index < -0.39 is 5.54 Å². The van der Waals surface area contributed by atoms with Gasteiger partial charge < -0.3 is 4.74 Å². The molecule has 0 spiro atoms. The highest BCUT2D eigenvalue weighted by atomic mass is 16.5. The zero-order valence-electron chi connectivity index (χ0n) is 11.4. The van der Waals surface area contributed by atoms with Crippen LogP contribution in [-0.2, 0) is 10.3 Å². The molecule has 20 heavy (non-hydrogen) atoms. The van der Waals surface area contributed by atoms with Gasteiger partial charge in [0.1, 0.15) is 11.3 Å². The predicted octanol–water partition coefficient (Wildman–Crippen LogP) is 3.35. The summed E-state index contributed by atoms with van der Waals surface area (Å²) < 4.78 is 5.37. The summed E-state index contributed by atoms with van der Waals surface area (Å²) in [5.41, 5.74) is 1.44. The maximum atomic E-state index is 10.9. The van der Waals surface area contributed by atoms with Crippen molar-refractivity contribution in [3.8, 4) is 5.75 Å². The fourth-order valence-electron chi connectivity index (χ4n) is 3.21. The number of carbonyl (C=O) groups excluding carboxylic acids is 1. The SMILES string of the molecule is COc1ccc(C2(N=C=O)CCCC2)c2cccnc12. The summed E-state index contributed by atoms with van der Waals surface area (Å²) >= 11 is 0. The van der Waals surface area contributed by atoms with Gasteiger partial charge >= 0.3 is 0 Å². The van der Waals surface area contributed by atoms with Crippen molar-refractivity contribution in [3.63, 3.8) is 0 Å². The molecule has 1 aliphatic carbocycles. The van der Waals surface area contributed by atoms with Crippen LogP contribution >= 0.6 is 0 Å². The molecular formula is C16H16N2O2. The fraction of sp³-hybridized carbons (Fsp3) is 0.375. The van der Waals surface area contributed by atoms with E-state index in [0.717, 1.165) is 47.9 Å². The number of aromatic nitrogens is 1. The molecule has 3 rings (SSSR count). The van der Waals surface area contributed by atoms with Crippen LogP contribution in [0.3, 0.4) is 0 Å². The molecule has 0 radical (unpaired) electrons. The van der Waals surface area contributed by atoms with Crippen LogP contribution in [0.2, 0.25) is 0 Å². The van der Waals surface area contributed by atoms with E-state index in [1.165, 1.54) is 0 Å². The van der Waals surface area contributed by atoms with E-state index in [0.29, 0.717) is 0 Å². The monoisotopic (exact) mass is 268 g/mol. The molecule has 1 aliphatic rings. The second-order valence-corrected chi connectivity index (χ2v) is 5.16. The quantitative estimate of drug-likeness (QED) is 0.633. The molecule has 1 heterocycles. The van der Waals surface area contributed by atoms with Crippen LogP contribution in [0.15, 0.2) is 35.5 Å². The molecule has 1 aromatic heterocycles. The number of fused-ring (bicyclic) bond motifs is 1. The van der Waals surface area contributed by atoms with Crippen molar-refractivity contribution < 1.29 is 9.53 Å². The first-order chi connectivity index (χ1) is 9.80. The molecule has 0 unspecified atom stereocenters. The van der Waals surface area contributed by atoms with Crippen molar-refractivity contribution in [1.82, 2.24) is 4.98 Å². The Morgan fingerprint density at radius 1 is 1.30 bits per heavy atom. The number of hydrogen-bond acceptors (Lipinski definition) is 4. The first-order valence-corrected chi connectivity index (χ1v) is 6.82. The summed E-state index contributed by atoms with van der Waals surface area (Å²) in [6, 6.07) is 7.83. The Bertz CT molecular complexity index is 684. The van der Waals surface area contributed by atoms with E-state index in [1.54, 1.807) is 19.4 Å². The highest BCUT2D eigenvalue weighted by Gasteiger charge is 2.37. The fourth-order valence-corrected chi connectivity index (χ4v) is 3.21. The van der Waals surface area contributed by atoms with E-state index in [2.05, 4.69) is 9.98 Å². The van der Waals surface area contributed by atoms with Gasteiger partial charge in [-0.1, -0.05) is 25.0 Å². The number of aliphatic imine (C=N–C) groups is 1. The average Bonchev–Trinajstić information content (AvgIpc) is 2.96. The standard InChI is InChI=1S/C16H16N2O2/c1-20-14-7-6-13(12-5-4-10-17-15(12)14)16(18-11-19)8-2-3-9-16/h4-7,10H,2-3,8-9H2,1H3. The van der Waals surface area contributed by atoms with Crippen molar-refractivity contribution in [2.45, 2.75) is 31.2 Å². The summed E-state index contributed by atoms with van der Waals surface area (Å²) in [4.78, 5) is 19.4. The zero-order chi connectivity index (χ0) is 14.0. The van der Waals surface area contributed by atoms with Gasteiger partial charge in [-0.2, -0.15) is 4.99 Å². The van der Waals surface area contributed by atoms with Gasteiger partial charge in [0.2, 0.25) is 6.08 Å². The van der Waals surface area contributed by atoms with Crippen molar-refractivity contribution in [1.29, 1.82) is 0 Å². The molecule has 0 N–H and O–H groups in total. The largest absolute Gasteiger partial charge is 0.494 e. The molecule has 0 saturated heterocycles. The summed E-state index contributed by atoms with van der Waals surface area (Å²) in [7, 11) is 1.64. The third-order valence-electron chi connectivity index (χ3n) is 4.14. The lowest BCUT2D eigenvalue weighted by atomic mass is 9.86. The number of benzene rings is 1. The molecule has 1 fully saturated rings. The van der Waals surface area contributed by atoms with E-state index in [-0.39, 0.29) is 0 Å². The topological polar surface area (TPSA) is 51.5 Å². The third-order valence-corrected chi connectivity index (χ3v) is 4.14. The minimum absolute atomic E-state index is 0.435. The van der Waals surface area contributed by atoms with Crippen molar-refractivity contribution in [2.24, 2.45) is 4.99 Å². The van der Waals surface area contributed by atoms with Crippen LogP contribution < -0.4 is 4.74 Å². The van der Waals surface area contributed by atoms with Crippen LogP contribution in [0, 0.1) is 0 Å². The third kappa shape index (κ3) is 1.89. The van der Waals surface area contributed by atoms with Gasteiger partial charge in [0.05, 0.1) is 12.6 Å². The number of pyridine rings is 1. The van der Waals surface area contributed by atoms with Gasteiger partial charge in [-0.15, -0.1) is 0 Å². The molecule has 0 aliphatic heterocycles. The Morgan fingerprint density at radius 3 is 2.80 bits per heavy atom. The first-order valence-electron chi connectivity index (χ1n) is 6.82. The number of isocyanates is 1. The maximum absolute atomic E-state index is 10.9. The number of hydrogen-bond donors (Lipinski definition) is 0. The first kappa shape index (κ1) is 12.8. The second kappa shape index (κ2) is 5.06. The molecule has 4 nitrogen and oxygen atoms in total. The predicted molar refractivity (Wildman–Crippen MR) is 76.6 cm³/mol. The molecule has 102 valence electrons. The van der Waals surface area contributed by atoms with Crippen molar-refractivity contribution >= 4 is 17.0 Å². The molecule has 1 saturated carbocycles. The zero-order valence-corrected chi connectivity index (χ0v) is 11.4. The number of ether oxygens (including phenoxy) is 1. The van der Waals surface area contributed by atoms with Gasteiger partial charge in [-0.25, -0.2) is 4.79 Å². The Hall–Kier alpha value is -2.19. The van der Waals surface area contributed by atoms with E-state index in [1.807, 2.05) is 24.3 Å². The Balaban J connectivity index is 2.29. The maximum Gasteiger partial charge on any atom is 0.235 e. The van der Waals surface area contributed by atoms with E-state index in [9.17, 15) is 4.79 Å². The van der Waals surface area contributed by atoms with E-state index in [4.69, 9.17) is 4.74 Å². The van der Waals surface area contributed by atoms with Crippen LogP contribution in [0.25, 0.3) is 10.9 Å². The summed E-state index contributed by atoms with van der Waals surface area (Å²) in [5.74, 6) is 0.743. The van der Waals surface area contributed by atoms with Crippen molar-refractivity contribution in [2.75, 3.05) is 7.11 Å². The highest BCUT2D eigenvalue weighted by molar-refractivity contribution is 5.88. The molecular weight excluding hydrogens is 252 g/mol. The average molecular weight is 268 g/mol. The molecule has 1 aromatic carbocycles. The van der Waals surface area contributed by atoms with Gasteiger partial charge in [-0.3, -0.25) is 4.98 Å². The van der Waals surface area contributed by atoms with Crippen LogP contribution in [-0.4, -0.2) is 18.2 Å². The minimum Gasteiger partial charge on any atom is -0.494 e. The van der Waals surface area contributed by atoms with Gasteiger partial charge in [-0.05, 0) is 30.5 Å².